The Morgan fingerprint density at radius 3 is 2.78 bits per heavy atom. The van der Waals surface area contributed by atoms with Crippen molar-refractivity contribution in [2.75, 3.05) is 20.6 Å². The molecule has 0 radical (unpaired) electrons. The summed E-state index contributed by atoms with van der Waals surface area (Å²) in [7, 11) is 3.46. The molecule has 1 aromatic carbocycles. The molecule has 0 saturated heterocycles. The third-order valence-corrected chi connectivity index (χ3v) is 6.83. The second-order valence-corrected chi connectivity index (χ2v) is 8.32. The third kappa shape index (κ3) is 2.38. The van der Waals surface area contributed by atoms with Crippen molar-refractivity contribution < 1.29 is 9.18 Å². The smallest absolute Gasteiger partial charge is 0.316 e. The number of rotatable bonds is 3. The van der Waals surface area contributed by atoms with Crippen LogP contribution in [0.5, 0.6) is 0 Å². The first-order chi connectivity index (χ1) is 12.8. The van der Waals surface area contributed by atoms with Crippen molar-refractivity contribution in [2.24, 2.45) is 5.41 Å². The average molecular weight is 368 g/mol. The fourth-order valence-electron chi connectivity index (χ4n) is 5.24. The van der Waals surface area contributed by atoms with Crippen molar-refractivity contribution in [3.8, 4) is 11.3 Å². The van der Waals surface area contributed by atoms with Gasteiger partial charge in [0.25, 0.3) is 0 Å². The molecule has 2 aliphatic rings. The minimum atomic E-state index is -0.289. The Morgan fingerprint density at radius 1 is 1.33 bits per heavy atom. The molecule has 0 unspecified atom stereocenters. The minimum Gasteiger partial charge on any atom is -0.341 e. The van der Waals surface area contributed by atoms with E-state index in [9.17, 15) is 9.18 Å². The quantitative estimate of drug-likeness (QED) is 0.898. The van der Waals surface area contributed by atoms with Gasteiger partial charge >= 0.3 is 6.03 Å². The number of carbonyl (C=O) groups excluding carboxylic acids is 1. The Kier molecular flexibility index (Phi) is 3.98. The van der Waals surface area contributed by atoms with E-state index in [2.05, 4.69) is 29.4 Å². The van der Waals surface area contributed by atoms with E-state index in [0.29, 0.717) is 23.7 Å². The van der Waals surface area contributed by atoms with Crippen LogP contribution in [-0.2, 0) is 5.41 Å². The van der Waals surface area contributed by atoms with Crippen LogP contribution in [0.2, 0.25) is 0 Å². The van der Waals surface area contributed by atoms with Gasteiger partial charge in [0.15, 0.2) is 0 Å². The Balaban J connectivity index is 1.80. The molecule has 0 aliphatic heterocycles. The largest absolute Gasteiger partial charge is 0.341 e. The zero-order valence-corrected chi connectivity index (χ0v) is 16.2. The second-order valence-electron chi connectivity index (χ2n) is 8.32. The molecule has 5 nitrogen and oxygen atoms in total. The van der Waals surface area contributed by atoms with E-state index in [4.69, 9.17) is 0 Å². The molecule has 1 aromatic heterocycles. The molecule has 2 aliphatic carbocycles. The van der Waals surface area contributed by atoms with Gasteiger partial charge in [-0.3, -0.25) is 0 Å². The van der Waals surface area contributed by atoms with Crippen LogP contribution >= 0.6 is 0 Å². The number of aromatic nitrogens is 2. The Labute approximate surface area is 159 Å². The van der Waals surface area contributed by atoms with Crippen molar-refractivity contribution in [1.82, 2.24) is 20.4 Å². The maximum atomic E-state index is 14.2. The number of amides is 2. The van der Waals surface area contributed by atoms with Gasteiger partial charge in [0.2, 0.25) is 0 Å². The van der Waals surface area contributed by atoms with E-state index in [-0.39, 0.29) is 22.7 Å². The predicted octanol–water partition coefficient (Wildman–Crippen LogP) is 3.71. The van der Waals surface area contributed by atoms with Crippen molar-refractivity contribution in [1.29, 1.82) is 0 Å². The molecule has 2 amide bonds. The van der Waals surface area contributed by atoms with E-state index in [0.717, 1.165) is 24.1 Å². The first-order valence-electron chi connectivity index (χ1n) is 9.37. The second kappa shape index (κ2) is 6.01. The molecule has 4 rings (SSSR count). The van der Waals surface area contributed by atoms with Crippen LogP contribution in [0.1, 0.15) is 43.9 Å². The van der Waals surface area contributed by atoms with Gasteiger partial charge in [-0.05, 0) is 47.9 Å². The number of halogens is 1. The Morgan fingerprint density at radius 2 is 2.07 bits per heavy atom. The average Bonchev–Trinajstić information content (AvgIpc) is 3.01. The first-order valence-corrected chi connectivity index (χ1v) is 9.37. The van der Waals surface area contributed by atoms with Gasteiger partial charge in [0, 0.05) is 31.6 Å². The number of nitrogens with zero attached hydrogens (tertiary/aromatic N) is 3. The molecule has 1 heterocycles. The fourth-order valence-corrected chi connectivity index (χ4v) is 5.24. The molecule has 142 valence electrons. The highest BCUT2D eigenvalue weighted by Gasteiger charge is 2.63. The number of carbonyl (C=O) groups is 1. The summed E-state index contributed by atoms with van der Waals surface area (Å²) in [5, 5.41) is 11.7. The van der Waals surface area contributed by atoms with Gasteiger partial charge in [-0.25, -0.2) is 9.18 Å². The number of likely N-dealkylation sites (N-methyl/N-ethyl adjacent to an activating group) is 1. The van der Waals surface area contributed by atoms with Crippen LogP contribution in [-0.4, -0.2) is 41.8 Å². The van der Waals surface area contributed by atoms with E-state index in [1.165, 1.54) is 6.07 Å². The lowest BCUT2D eigenvalue weighted by Gasteiger charge is -2.40. The normalized spacial score (nSPS) is 24.6. The minimum absolute atomic E-state index is 0.0415. The molecular formula is C21H25FN4O. The fraction of sp³-hybridized carbons (Fsp3) is 0.476. The summed E-state index contributed by atoms with van der Waals surface area (Å²) in [6.45, 7) is 5.11. The lowest BCUT2D eigenvalue weighted by Crippen LogP contribution is -2.49. The van der Waals surface area contributed by atoms with E-state index < -0.39 is 0 Å². The summed E-state index contributed by atoms with van der Waals surface area (Å²) >= 11 is 0. The van der Waals surface area contributed by atoms with Crippen LogP contribution in [0.4, 0.5) is 9.18 Å². The molecule has 1 saturated carbocycles. The number of benzene rings is 1. The number of fused-ring (bicyclic) bond motifs is 5. The van der Waals surface area contributed by atoms with Crippen molar-refractivity contribution in [2.45, 2.75) is 38.0 Å². The highest BCUT2D eigenvalue weighted by Crippen LogP contribution is 2.67. The van der Waals surface area contributed by atoms with Crippen molar-refractivity contribution >= 4 is 6.03 Å². The summed E-state index contributed by atoms with van der Waals surface area (Å²) in [6.07, 6.45) is 2.02. The third-order valence-electron chi connectivity index (χ3n) is 6.83. The SMILES string of the molecule is CNC(=O)N(C)C[C@]12CC[C@H](c3cc(-c4ccccc4F)nnc31)C2(C)C. The molecule has 6 heteroatoms. The van der Waals surface area contributed by atoms with Gasteiger partial charge in [0.1, 0.15) is 5.82 Å². The topological polar surface area (TPSA) is 58.1 Å². The molecular weight excluding hydrogens is 343 g/mol. The Bertz CT molecular complexity index is 913. The molecule has 1 N–H and O–H groups in total. The molecule has 27 heavy (non-hydrogen) atoms. The molecule has 2 atom stereocenters. The standard InChI is InChI=1S/C21H25FN4O/c1-20(2)15-9-10-21(20,12-26(4)19(27)23-3)18-14(15)11-17(24-25-18)13-7-5-6-8-16(13)22/h5-8,11,15H,9-10,12H2,1-4H3,(H,23,27)/t15-,21-/m1/s1. The Hall–Kier alpha value is -2.50. The summed E-state index contributed by atoms with van der Waals surface area (Å²) in [5.41, 5.74) is 2.91. The van der Waals surface area contributed by atoms with E-state index in [1.807, 2.05) is 19.2 Å². The summed E-state index contributed by atoms with van der Waals surface area (Å²) in [6, 6.07) is 8.57. The zero-order valence-electron chi connectivity index (χ0n) is 16.2. The number of hydrogen-bond acceptors (Lipinski definition) is 3. The zero-order chi connectivity index (χ0) is 19.4. The molecule has 2 aromatic rings. The van der Waals surface area contributed by atoms with Gasteiger partial charge in [0.05, 0.1) is 11.4 Å². The van der Waals surface area contributed by atoms with Crippen LogP contribution in [0, 0.1) is 11.2 Å². The monoisotopic (exact) mass is 368 g/mol. The molecule has 0 spiro atoms. The molecule has 2 bridgehead atoms. The van der Waals surface area contributed by atoms with Crippen LogP contribution in [0.25, 0.3) is 11.3 Å². The number of nitrogens with one attached hydrogen (secondary N) is 1. The number of urea groups is 1. The maximum Gasteiger partial charge on any atom is 0.316 e. The van der Waals surface area contributed by atoms with Gasteiger partial charge in [-0.1, -0.05) is 26.0 Å². The van der Waals surface area contributed by atoms with Crippen molar-refractivity contribution in [3.63, 3.8) is 0 Å². The summed E-state index contributed by atoms with van der Waals surface area (Å²) < 4.78 is 14.2. The summed E-state index contributed by atoms with van der Waals surface area (Å²) in [5.74, 6) is 0.0508. The van der Waals surface area contributed by atoms with Gasteiger partial charge < -0.3 is 10.2 Å². The van der Waals surface area contributed by atoms with Gasteiger partial charge in [-0.15, -0.1) is 0 Å². The predicted molar refractivity (Wildman–Crippen MR) is 102 cm³/mol. The van der Waals surface area contributed by atoms with Gasteiger partial charge in [-0.2, -0.15) is 10.2 Å². The van der Waals surface area contributed by atoms with Crippen LogP contribution in [0.15, 0.2) is 30.3 Å². The highest BCUT2D eigenvalue weighted by atomic mass is 19.1. The van der Waals surface area contributed by atoms with Crippen LogP contribution in [0.3, 0.4) is 0 Å². The summed E-state index contributed by atoms with van der Waals surface area (Å²) in [4.78, 5) is 13.8. The molecule has 1 fully saturated rings. The number of hydrogen-bond donors (Lipinski definition) is 1. The van der Waals surface area contributed by atoms with E-state index >= 15 is 0 Å². The lowest BCUT2D eigenvalue weighted by molar-refractivity contribution is 0.146. The highest BCUT2D eigenvalue weighted by molar-refractivity contribution is 5.74. The first kappa shape index (κ1) is 17.9. The maximum absolute atomic E-state index is 14.2. The lowest BCUT2D eigenvalue weighted by atomic mass is 9.68. The van der Waals surface area contributed by atoms with E-state index in [1.54, 1.807) is 24.1 Å². The van der Waals surface area contributed by atoms with Crippen molar-refractivity contribution in [3.05, 3.63) is 47.4 Å². The van der Waals surface area contributed by atoms with Crippen LogP contribution < -0.4 is 5.32 Å².